The average molecular weight is 562 g/mol. The fourth-order valence-corrected chi connectivity index (χ4v) is 5.29. The molecule has 1 saturated heterocycles. The number of nitrogen functional groups attached to an aromatic ring is 1. The van der Waals surface area contributed by atoms with Crippen molar-refractivity contribution in [3.63, 3.8) is 0 Å². The molecule has 1 aromatic carbocycles. The summed E-state index contributed by atoms with van der Waals surface area (Å²) in [6.07, 6.45) is 0.882. The Morgan fingerprint density at radius 3 is 2.64 bits per heavy atom. The van der Waals surface area contributed by atoms with Crippen molar-refractivity contribution in [1.82, 2.24) is 14.7 Å². The van der Waals surface area contributed by atoms with Crippen molar-refractivity contribution in [1.29, 1.82) is 0 Å². The minimum atomic E-state index is -4.29. The van der Waals surface area contributed by atoms with E-state index in [0.29, 0.717) is 54.4 Å². The molecule has 2 atom stereocenters. The van der Waals surface area contributed by atoms with Crippen molar-refractivity contribution in [2.24, 2.45) is 17.8 Å². The van der Waals surface area contributed by atoms with Crippen LogP contribution in [-0.4, -0.2) is 44.0 Å². The molecule has 0 radical (unpaired) electrons. The van der Waals surface area contributed by atoms with E-state index in [1.165, 1.54) is 36.4 Å². The molecule has 39 heavy (non-hydrogen) atoms. The summed E-state index contributed by atoms with van der Waals surface area (Å²) < 4.78 is 48.1. The molecule has 9 nitrogen and oxygen atoms in total. The van der Waals surface area contributed by atoms with Crippen LogP contribution in [0, 0.1) is 23.6 Å². The standard InChI is InChI=1S/C28H34FN5O4S.3H2/c1-17(2)16-38-22-13-20(12-21(29)14-22)24-9-8-23(27(31-24)34-11-10-18(3)19(4)15-34)28(35)33-39(36,37)26-7-5-6-25(30)32-26;;;/h5-9,12-14,17-19H,10-11,15-16H2,1-4H3,(H2,30,32)(H,33,35);3*1H. The number of nitrogens with zero attached hydrogens (tertiary/aromatic N) is 3. The molecule has 0 aliphatic carbocycles. The number of pyridine rings is 2. The molecule has 214 valence electrons. The van der Waals surface area contributed by atoms with Crippen molar-refractivity contribution in [3.05, 3.63) is 59.9 Å². The Morgan fingerprint density at radius 2 is 1.95 bits per heavy atom. The number of aromatic nitrogens is 2. The highest BCUT2D eigenvalue weighted by Crippen LogP contribution is 2.32. The normalized spacial score (nSPS) is 17.7. The van der Waals surface area contributed by atoms with Gasteiger partial charge in [-0.2, -0.15) is 8.42 Å². The number of benzene rings is 1. The number of hydrogen-bond acceptors (Lipinski definition) is 8. The van der Waals surface area contributed by atoms with Gasteiger partial charge in [-0.3, -0.25) is 4.79 Å². The summed E-state index contributed by atoms with van der Waals surface area (Å²) in [7, 11) is -4.29. The van der Waals surface area contributed by atoms with Crippen LogP contribution >= 0.6 is 0 Å². The number of rotatable bonds is 8. The lowest BCUT2D eigenvalue weighted by molar-refractivity contribution is 0.0981. The van der Waals surface area contributed by atoms with Gasteiger partial charge >= 0.3 is 0 Å². The minimum Gasteiger partial charge on any atom is -0.493 e. The monoisotopic (exact) mass is 561 g/mol. The third kappa shape index (κ3) is 6.83. The van der Waals surface area contributed by atoms with Gasteiger partial charge in [0.05, 0.1) is 17.9 Å². The molecule has 3 heterocycles. The average Bonchev–Trinajstić information content (AvgIpc) is 2.88. The van der Waals surface area contributed by atoms with Crippen molar-refractivity contribution in [3.8, 4) is 17.0 Å². The molecule has 0 spiro atoms. The van der Waals surface area contributed by atoms with Crippen LogP contribution in [0.3, 0.4) is 0 Å². The van der Waals surface area contributed by atoms with Gasteiger partial charge in [-0.25, -0.2) is 19.1 Å². The predicted octanol–water partition coefficient (Wildman–Crippen LogP) is 5.24. The summed E-state index contributed by atoms with van der Waals surface area (Å²) in [5, 5.41) is -0.365. The van der Waals surface area contributed by atoms with Crippen molar-refractivity contribution >= 4 is 27.6 Å². The van der Waals surface area contributed by atoms with Crippen LogP contribution < -0.4 is 20.1 Å². The molecule has 3 aromatic rings. The Labute approximate surface area is 233 Å². The Kier molecular flexibility index (Phi) is 8.39. The first kappa shape index (κ1) is 28.3. The number of piperidine rings is 1. The van der Waals surface area contributed by atoms with Crippen molar-refractivity contribution < 1.29 is 26.6 Å². The number of carbonyl (C=O) groups excluding carboxylic acids is 1. The fourth-order valence-electron chi connectivity index (χ4n) is 4.35. The molecule has 2 aromatic heterocycles. The Balaban J connectivity index is 0.00000294. The number of carbonyl (C=O) groups is 1. The van der Waals surface area contributed by atoms with Crippen molar-refractivity contribution in [2.75, 3.05) is 30.3 Å². The molecule has 0 saturated carbocycles. The molecule has 1 aliphatic rings. The maximum atomic E-state index is 14.5. The summed E-state index contributed by atoms with van der Waals surface area (Å²) in [4.78, 5) is 23.9. The Bertz CT molecular complexity index is 1480. The molecule has 0 bridgehead atoms. The molecule has 1 aliphatic heterocycles. The highest BCUT2D eigenvalue weighted by atomic mass is 32.2. The van der Waals surface area contributed by atoms with E-state index in [2.05, 4.69) is 23.6 Å². The zero-order chi connectivity index (χ0) is 28.3. The number of hydrogen-bond donors (Lipinski definition) is 2. The predicted molar refractivity (Wildman–Crippen MR) is 155 cm³/mol. The zero-order valence-corrected chi connectivity index (χ0v) is 23.3. The summed E-state index contributed by atoms with van der Waals surface area (Å²) in [6.45, 7) is 10.0. The van der Waals surface area contributed by atoms with E-state index < -0.39 is 21.7 Å². The molecular weight excluding hydrogens is 521 g/mol. The first-order valence-corrected chi connectivity index (χ1v) is 14.4. The highest BCUT2D eigenvalue weighted by molar-refractivity contribution is 7.90. The number of ether oxygens (including phenoxy) is 1. The number of amides is 1. The first-order chi connectivity index (χ1) is 18.4. The minimum absolute atomic E-state index is 0. The van der Waals surface area contributed by atoms with Gasteiger partial charge in [0.15, 0.2) is 5.03 Å². The second-order valence-electron chi connectivity index (χ2n) is 10.5. The number of halogens is 1. The van der Waals surface area contributed by atoms with Gasteiger partial charge < -0.3 is 15.4 Å². The molecule has 1 fully saturated rings. The van der Waals surface area contributed by atoms with Crippen LogP contribution in [0.1, 0.15) is 48.8 Å². The molecule has 11 heteroatoms. The Hall–Kier alpha value is -3.73. The maximum absolute atomic E-state index is 14.5. The van der Waals surface area contributed by atoms with Crippen LogP contribution in [0.5, 0.6) is 5.75 Å². The fraction of sp³-hybridized carbons (Fsp3) is 0.393. The van der Waals surface area contributed by atoms with E-state index >= 15 is 0 Å². The first-order valence-electron chi connectivity index (χ1n) is 12.9. The lowest BCUT2D eigenvalue weighted by Gasteiger charge is -2.37. The van der Waals surface area contributed by atoms with Gasteiger partial charge in [0, 0.05) is 29.0 Å². The molecule has 2 unspecified atom stereocenters. The maximum Gasteiger partial charge on any atom is 0.281 e. The van der Waals surface area contributed by atoms with Gasteiger partial charge in [-0.05, 0) is 60.6 Å². The van der Waals surface area contributed by atoms with Crippen LogP contribution in [0.25, 0.3) is 11.3 Å². The van der Waals surface area contributed by atoms with Crippen LogP contribution in [0.2, 0.25) is 0 Å². The van der Waals surface area contributed by atoms with E-state index in [1.807, 2.05) is 18.7 Å². The van der Waals surface area contributed by atoms with Crippen LogP contribution in [0.4, 0.5) is 16.0 Å². The summed E-state index contributed by atoms with van der Waals surface area (Å²) in [5.41, 5.74) is 6.63. The largest absolute Gasteiger partial charge is 0.493 e. The lowest BCUT2D eigenvalue weighted by atomic mass is 9.88. The number of nitrogens with two attached hydrogens (primary N) is 1. The topological polar surface area (TPSA) is 128 Å². The van der Waals surface area contributed by atoms with E-state index in [9.17, 15) is 17.6 Å². The van der Waals surface area contributed by atoms with E-state index in [1.54, 1.807) is 12.1 Å². The second-order valence-corrected chi connectivity index (χ2v) is 12.1. The van der Waals surface area contributed by atoms with Gasteiger partial charge in [0.2, 0.25) is 0 Å². The smallest absolute Gasteiger partial charge is 0.281 e. The number of nitrogens with one attached hydrogen (secondary N) is 1. The van der Waals surface area contributed by atoms with Gasteiger partial charge in [0.25, 0.3) is 15.9 Å². The molecule has 4 rings (SSSR count). The Morgan fingerprint density at radius 1 is 1.18 bits per heavy atom. The number of anilines is 2. The summed E-state index contributed by atoms with van der Waals surface area (Å²) in [5.74, 6) is 0.476. The third-order valence-electron chi connectivity index (χ3n) is 6.75. The van der Waals surface area contributed by atoms with Crippen LogP contribution in [-0.2, 0) is 10.0 Å². The second kappa shape index (κ2) is 11.6. The molecular formula is C28H40FN5O4S. The van der Waals surface area contributed by atoms with Gasteiger partial charge in [-0.15, -0.1) is 0 Å². The molecule has 1 amide bonds. The SMILES string of the molecule is CC(C)COc1cc(F)cc(-c2ccc(C(=O)NS(=O)(=O)c3cccc(N)n3)c(N3CCC(C)C(C)C3)n2)c1.[HH].[HH].[HH]. The quantitative estimate of drug-likeness (QED) is 0.382. The van der Waals surface area contributed by atoms with Crippen molar-refractivity contribution in [2.45, 2.75) is 39.1 Å². The lowest BCUT2D eigenvalue weighted by Crippen LogP contribution is -2.40. The third-order valence-corrected chi connectivity index (χ3v) is 7.98. The zero-order valence-electron chi connectivity index (χ0n) is 22.5. The summed E-state index contributed by atoms with van der Waals surface area (Å²) in [6, 6.07) is 11.6. The van der Waals surface area contributed by atoms with E-state index in [0.717, 1.165) is 6.42 Å². The van der Waals surface area contributed by atoms with Gasteiger partial charge in [0.1, 0.15) is 23.2 Å². The highest BCUT2D eigenvalue weighted by Gasteiger charge is 2.29. The van der Waals surface area contributed by atoms with Crippen LogP contribution in [0.15, 0.2) is 53.6 Å². The van der Waals surface area contributed by atoms with Gasteiger partial charge in [-0.1, -0.05) is 33.8 Å². The molecule has 3 N–H and O–H groups in total. The van der Waals surface area contributed by atoms with E-state index in [4.69, 9.17) is 15.5 Å². The van der Waals surface area contributed by atoms with E-state index in [-0.39, 0.29) is 26.6 Å². The number of sulfonamides is 1. The summed E-state index contributed by atoms with van der Waals surface area (Å²) >= 11 is 0.